The number of hydrogen-bond acceptors (Lipinski definition) is 5. The maximum Gasteiger partial charge on any atom is 0.410 e. The third-order valence-corrected chi connectivity index (χ3v) is 3.82. The fourth-order valence-electron chi connectivity index (χ4n) is 2.57. The molecular formula is C19H27N5O2. The number of amides is 1. The zero-order chi connectivity index (χ0) is 19.3. The summed E-state index contributed by atoms with van der Waals surface area (Å²) in [6.45, 7) is 8.18. The number of piperazine rings is 1. The Bertz CT molecular complexity index is 708. The lowest BCUT2D eigenvalue weighted by molar-refractivity contribution is 0.0240. The Morgan fingerprint density at radius 2 is 1.92 bits per heavy atom. The fraction of sp³-hybridized carbons (Fsp3) is 0.526. The highest BCUT2D eigenvalue weighted by molar-refractivity contribution is 5.70. The van der Waals surface area contributed by atoms with E-state index in [1.54, 1.807) is 11.2 Å². The van der Waals surface area contributed by atoms with Crippen LogP contribution in [0.15, 0.2) is 23.2 Å². The third-order valence-electron chi connectivity index (χ3n) is 3.82. The summed E-state index contributed by atoms with van der Waals surface area (Å²) in [5, 5.41) is 9.40. The van der Waals surface area contributed by atoms with Gasteiger partial charge < -0.3 is 19.4 Å². The Morgan fingerprint density at radius 3 is 2.46 bits per heavy atom. The van der Waals surface area contributed by atoms with Gasteiger partial charge in [0.25, 0.3) is 0 Å². The van der Waals surface area contributed by atoms with Crippen LogP contribution in [-0.4, -0.2) is 68.1 Å². The molecule has 0 unspecified atom stereocenters. The summed E-state index contributed by atoms with van der Waals surface area (Å²) in [5.74, 6) is 0. The second-order valence-corrected chi connectivity index (χ2v) is 7.48. The number of nitriles is 1. The van der Waals surface area contributed by atoms with Gasteiger partial charge in [-0.2, -0.15) is 5.26 Å². The standard InChI is InChI=1S/C19H27N5O2/c1-19(2,3)26-18(25)24-10-8-23(9-11-24)16-6-7-17(15(12-16)13-20)21-14-22(4)5/h6-7,12,14H,8-11H2,1-5H3. The number of hydrogen-bond donors (Lipinski definition) is 0. The summed E-state index contributed by atoms with van der Waals surface area (Å²) in [7, 11) is 3.77. The van der Waals surface area contributed by atoms with Crippen molar-refractivity contribution in [3.63, 3.8) is 0 Å². The molecule has 1 fully saturated rings. The first-order valence-electron chi connectivity index (χ1n) is 8.67. The lowest BCUT2D eigenvalue weighted by Gasteiger charge is -2.36. The Morgan fingerprint density at radius 1 is 1.27 bits per heavy atom. The van der Waals surface area contributed by atoms with Crippen LogP contribution in [0.5, 0.6) is 0 Å². The van der Waals surface area contributed by atoms with Gasteiger partial charge in [-0.3, -0.25) is 0 Å². The summed E-state index contributed by atoms with van der Waals surface area (Å²) in [5.41, 5.74) is 1.67. The van der Waals surface area contributed by atoms with Gasteiger partial charge in [0.15, 0.2) is 0 Å². The third kappa shape index (κ3) is 5.38. The predicted molar refractivity (Wildman–Crippen MR) is 103 cm³/mol. The Balaban J connectivity index is 2.03. The van der Waals surface area contributed by atoms with E-state index in [2.05, 4.69) is 16.0 Å². The normalized spacial score (nSPS) is 15.1. The monoisotopic (exact) mass is 357 g/mol. The van der Waals surface area contributed by atoms with Crippen molar-refractivity contribution in [2.75, 3.05) is 45.2 Å². The second-order valence-electron chi connectivity index (χ2n) is 7.48. The molecular weight excluding hydrogens is 330 g/mol. The van der Waals surface area contributed by atoms with Gasteiger partial charge in [-0.15, -0.1) is 0 Å². The molecule has 1 amide bonds. The van der Waals surface area contributed by atoms with Crippen LogP contribution < -0.4 is 4.90 Å². The van der Waals surface area contributed by atoms with Crippen LogP contribution in [-0.2, 0) is 4.74 Å². The van der Waals surface area contributed by atoms with Gasteiger partial charge in [-0.05, 0) is 39.0 Å². The molecule has 7 heteroatoms. The molecule has 1 aliphatic rings. The number of aliphatic imine (C=N–C) groups is 1. The largest absolute Gasteiger partial charge is 0.444 e. The molecule has 26 heavy (non-hydrogen) atoms. The van der Waals surface area contributed by atoms with Gasteiger partial charge in [0.05, 0.1) is 17.6 Å². The molecule has 1 aromatic rings. The number of benzene rings is 1. The van der Waals surface area contributed by atoms with E-state index in [0.717, 1.165) is 5.69 Å². The first-order valence-corrected chi connectivity index (χ1v) is 8.67. The maximum absolute atomic E-state index is 12.2. The molecule has 2 rings (SSSR count). The van der Waals surface area contributed by atoms with Crippen LogP contribution in [0.2, 0.25) is 0 Å². The van der Waals surface area contributed by atoms with E-state index >= 15 is 0 Å². The number of nitrogens with zero attached hydrogens (tertiary/aromatic N) is 5. The predicted octanol–water partition coefficient (Wildman–Crippen LogP) is 2.84. The minimum absolute atomic E-state index is 0.275. The SMILES string of the molecule is CN(C)C=Nc1ccc(N2CCN(C(=O)OC(C)(C)C)CC2)cc1C#N. The number of anilines is 1. The van der Waals surface area contributed by atoms with Crippen LogP contribution in [0.1, 0.15) is 26.3 Å². The molecule has 7 nitrogen and oxygen atoms in total. The highest BCUT2D eigenvalue weighted by Crippen LogP contribution is 2.26. The van der Waals surface area contributed by atoms with Gasteiger partial charge in [-0.1, -0.05) is 0 Å². The van der Waals surface area contributed by atoms with Gasteiger partial charge in [0.1, 0.15) is 11.7 Å². The summed E-state index contributed by atoms with van der Waals surface area (Å²) in [4.78, 5) is 22.2. The van der Waals surface area contributed by atoms with Crippen LogP contribution in [0, 0.1) is 11.3 Å². The van der Waals surface area contributed by atoms with Crippen molar-refractivity contribution in [2.24, 2.45) is 4.99 Å². The number of carbonyl (C=O) groups excluding carboxylic acids is 1. The van der Waals surface area contributed by atoms with Crippen molar-refractivity contribution in [3.05, 3.63) is 23.8 Å². The van der Waals surface area contributed by atoms with Gasteiger partial charge in [0.2, 0.25) is 0 Å². The molecule has 1 heterocycles. The van der Waals surface area contributed by atoms with Gasteiger partial charge in [0, 0.05) is 46.0 Å². The van der Waals surface area contributed by atoms with Crippen LogP contribution in [0.3, 0.4) is 0 Å². The number of carbonyl (C=O) groups is 1. The van der Waals surface area contributed by atoms with Gasteiger partial charge in [-0.25, -0.2) is 9.79 Å². The quantitative estimate of drug-likeness (QED) is 0.614. The van der Waals surface area contributed by atoms with E-state index in [4.69, 9.17) is 4.74 Å². The zero-order valence-corrected chi connectivity index (χ0v) is 16.2. The smallest absolute Gasteiger partial charge is 0.410 e. The van der Waals surface area contributed by atoms with E-state index in [9.17, 15) is 10.1 Å². The zero-order valence-electron chi connectivity index (χ0n) is 16.2. The molecule has 140 valence electrons. The Kier molecular flexibility index (Phi) is 6.09. The van der Waals surface area contributed by atoms with Crippen molar-refractivity contribution in [3.8, 4) is 6.07 Å². The van der Waals surface area contributed by atoms with Crippen molar-refractivity contribution < 1.29 is 9.53 Å². The lowest BCUT2D eigenvalue weighted by Crippen LogP contribution is -2.50. The van der Waals surface area contributed by atoms with Crippen LogP contribution in [0.4, 0.5) is 16.2 Å². The number of ether oxygens (including phenoxy) is 1. The van der Waals surface area contributed by atoms with Crippen molar-refractivity contribution in [2.45, 2.75) is 26.4 Å². The average Bonchev–Trinajstić information content (AvgIpc) is 2.58. The van der Waals surface area contributed by atoms with E-state index in [0.29, 0.717) is 37.4 Å². The summed E-state index contributed by atoms with van der Waals surface area (Å²) in [6.07, 6.45) is 1.40. The molecule has 0 aromatic heterocycles. The van der Waals surface area contributed by atoms with Crippen LogP contribution >= 0.6 is 0 Å². The molecule has 0 atom stereocenters. The molecule has 0 saturated carbocycles. The molecule has 1 saturated heterocycles. The summed E-state index contributed by atoms with van der Waals surface area (Å²) >= 11 is 0. The molecule has 0 bridgehead atoms. The highest BCUT2D eigenvalue weighted by Gasteiger charge is 2.26. The fourth-order valence-corrected chi connectivity index (χ4v) is 2.57. The van der Waals surface area contributed by atoms with E-state index in [1.165, 1.54) is 0 Å². The molecule has 0 radical (unpaired) electrons. The van der Waals surface area contributed by atoms with Crippen molar-refractivity contribution >= 4 is 23.8 Å². The molecule has 0 aliphatic carbocycles. The molecule has 1 aromatic carbocycles. The van der Waals surface area contributed by atoms with Gasteiger partial charge >= 0.3 is 6.09 Å². The molecule has 0 N–H and O–H groups in total. The summed E-state index contributed by atoms with van der Waals surface area (Å²) in [6, 6.07) is 7.88. The molecule has 0 spiro atoms. The minimum atomic E-state index is -0.487. The lowest BCUT2D eigenvalue weighted by atomic mass is 10.1. The van der Waals surface area contributed by atoms with Crippen LogP contribution in [0.25, 0.3) is 0 Å². The van der Waals surface area contributed by atoms with E-state index < -0.39 is 5.60 Å². The average molecular weight is 357 g/mol. The maximum atomic E-state index is 12.2. The van der Waals surface area contributed by atoms with E-state index in [-0.39, 0.29) is 6.09 Å². The Hall–Kier alpha value is -2.75. The molecule has 1 aliphatic heterocycles. The van der Waals surface area contributed by atoms with Crippen molar-refractivity contribution in [1.82, 2.24) is 9.80 Å². The topological polar surface area (TPSA) is 72.2 Å². The summed E-state index contributed by atoms with van der Waals surface area (Å²) < 4.78 is 5.42. The van der Waals surface area contributed by atoms with E-state index in [1.807, 2.05) is 58.0 Å². The Labute approximate surface area is 155 Å². The number of rotatable bonds is 3. The second kappa shape index (κ2) is 8.09. The first-order chi connectivity index (χ1) is 12.2. The highest BCUT2D eigenvalue weighted by atomic mass is 16.6. The van der Waals surface area contributed by atoms with Crippen molar-refractivity contribution in [1.29, 1.82) is 5.26 Å². The minimum Gasteiger partial charge on any atom is -0.444 e. The first kappa shape index (κ1) is 19.6.